The summed E-state index contributed by atoms with van der Waals surface area (Å²) in [6, 6.07) is 3.85. The summed E-state index contributed by atoms with van der Waals surface area (Å²) >= 11 is 6.20. The quantitative estimate of drug-likeness (QED) is 0.858. The molecule has 100 valence electrons. The third kappa shape index (κ3) is 3.59. The molecule has 0 aliphatic heterocycles. The summed E-state index contributed by atoms with van der Waals surface area (Å²) in [4.78, 5) is 6.88. The predicted molar refractivity (Wildman–Crippen MR) is 77.0 cm³/mol. The molecule has 1 heterocycles. The number of nitrogens with one attached hydrogen (secondary N) is 1. The molecule has 18 heavy (non-hydrogen) atoms. The monoisotopic (exact) mass is 267 g/mol. The molecule has 0 bridgehead atoms. The summed E-state index contributed by atoms with van der Waals surface area (Å²) in [6.07, 6.45) is 1.36. The normalized spacial score (nSPS) is 22.3. The maximum Gasteiger partial charge on any atom is 0.126 e. The van der Waals surface area contributed by atoms with Gasteiger partial charge in [0.2, 0.25) is 0 Å². The van der Waals surface area contributed by atoms with Crippen LogP contribution in [0.15, 0.2) is 12.1 Å². The van der Waals surface area contributed by atoms with Crippen molar-refractivity contribution in [3.63, 3.8) is 0 Å². The third-order valence-corrected chi connectivity index (χ3v) is 3.86. The van der Waals surface area contributed by atoms with Crippen molar-refractivity contribution in [3.05, 3.63) is 22.8 Å². The number of nitrogens with zero attached hydrogens (tertiary/aromatic N) is 2. The summed E-state index contributed by atoms with van der Waals surface area (Å²) < 4.78 is 0. The van der Waals surface area contributed by atoms with Gasteiger partial charge in [-0.05, 0) is 44.4 Å². The lowest BCUT2D eigenvalue weighted by Gasteiger charge is -2.17. The SMILES string of the molecule is CCNc1ccc(Cl)c(CN(C)CC2CC2C)n1. The van der Waals surface area contributed by atoms with Crippen LogP contribution in [0.5, 0.6) is 0 Å². The molecule has 1 fully saturated rings. The van der Waals surface area contributed by atoms with Crippen molar-refractivity contribution < 1.29 is 0 Å². The van der Waals surface area contributed by atoms with Gasteiger partial charge >= 0.3 is 0 Å². The van der Waals surface area contributed by atoms with E-state index in [9.17, 15) is 0 Å². The van der Waals surface area contributed by atoms with Crippen molar-refractivity contribution in [2.75, 3.05) is 25.5 Å². The predicted octanol–water partition coefficient (Wildman–Crippen LogP) is 3.25. The zero-order valence-electron chi connectivity index (χ0n) is 11.4. The molecular formula is C14H22ClN3. The van der Waals surface area contributed by atoms with Crippen molar-refractivity contribution in [2.45, 2.75) is 26.8 Å². The Bertz CT molecular complexity index is 408. The first kappa shape index (κ1) is 13.6. The highest BCUT2D eigenvalue weighted by molar-refractivity contribution is 6.31. The number of anilines is 1. The minimum atomic E-state index is 0.757. The van der Waals surface area contributed by atoms with Gasteiger partial charge in [-0.1, -0.05) is 18.5 Å². The summed E-state index contributed by atoms with van der Waals surface area (Å²) in [7, 11) is 2.14. The van der Waals surface area contributed by atoms with Gasteiger partial charge in [0.15, 0.2) is 0 Å². The molecule has 0 spiro atoms. The van der Waals surface area contributed by atoms with E-state index in [1.165, 1.54) is 6.42 Å². The van der Waals surface area contributed by atoms with Crippen molar-refractivity contribution in [1.82, 2.24) is 9.88 Å². The fourth-order valence-corrected chi connectivity index (χ4v) is 2.41. The van der Waals surface area contributed by atoms with E-state index in [2.05, 4.69) is 36.1 Å². The van der Waals surface area contributed by atoms with Crippen LogP contribution in [0, 0.1) is 11.8 Å². The Balaban J connectivity index is 1.96. The Kier molecular flexibility index (Phi) is 4.46. The smallest absolute Gasteiger partial charge is 0.126 e. The number of rotatable bonds is 6. The van der Waals surface area contributed by atoms with E-state index in [-0.39, 0.29) is 0 Å². The van der Waals surface area contributed by atoms with Gasteiger partial charge < -0.3 is 10.2 Å². The van der Waals surface area contributed by atoms with Gasteiger partial charge in [0.05, 0.1) is 10.7 Å². The van der Waals surface area contributed by atoms with Gasteiger partial charge in [-0.2, -0.15) is 0 Å². The lowest BCUT2D eigenvalue weighted by Crippen LogP contribution is -2.22. The van der Waals surface area contributed by atoms with E-state index in [1.54, 1.807) is 0 Å². The molecule has 1 aromatic rings. The summed E-state index contributed by atoms with van der Waals surface area (Å²) in [5, 5.41) is 3.98. The van der Waals surface area contributed by atoms with Crippen LogP contribution in [0.1, 0.15) is 26.0 Å². The van der Waals surface area contributed by atoms with E-state index in [0.29, 0.717) is 0 Å². The molecule has 1 saturated carbocycles. The lowest BCUT2D eigenvalue weighted by molar-refractivity contribution is 0.304. The highest BCUT2D eigenvalue weighted by Crippen LogP contribution is 2.38. The maximum absolute atomic E-state index is 6.20. The molecule has 1 aliphatic rings. The Morgan fingerprint density at radius 2 is 2.22 bits per heavy atom. The molecule has 2 rings (SSSR count). The second kappa shape index (κ2) is 5.89. The Hall–Kier alpha value is -0.800. The van der Waals surface area contributed by atoms with E-state index >= 15 is 0 Å². The molecule has 1 aliphatic carbocycles. The lowest BCUT2D eigenvalue weighted by atomic mass is 10.3. The summed E-state index contributed by atoms with van der Waals surface area (Å²) in [6.45, 7) is 7.22. The molecule has 2 unspecified atom stereocenters. The van der Waals surface area contributed by atoms with Crippen molar-refractivity contribution >= 4 is 17.4 Å². The molecule has 0 saturated heterocycles. The number of halogens is 1. The standard InChI is InChI=1S/C14H22ClN3/c1-4-16-14-6-5-12(15)13(17-14)9-18(3)8-11-7-10(11)2/h5-6,10-11H,4,7-9H2,1-3H3,(H,16,17). The molecule has 3 nitrogen and oxygen atoms in total. The Labute approximate surface area is 115 Å². The highest BCUT2D eigenvalue weighted by atomic mass is 35.5. The zero-order valence-corrected chi connectivity index (χ0v) is 12.2. The fourth-order valence-electron chi connectivity index (χ4n) is 2.25. The van der Waals surface area contributed by atoms with Crippen LogP contribution < -0.4 is 5.32 Å². The Morgan fingerprint density at radius 1 is 1.50 bits per heavy atom. The molecule has 1 aromatic heterocycles. The minimum absolute atomic E-state index is 0.757. The van der Waals surface area contributed by atoms with E-state index in [4.69, 9.17) is 11.6 Å². The number of pyridine rings is 1. The molecule has 4 heteroatoms. The number of hydrogen-bond donors (Lipinski definition) is 1. The third-order valence-electron chi connectivity index (χ3n) is 3.52. The zero-order chi connectivity index (χ0) is 13.1. The van der Waals surface area contributed by atoms with Gasteiger partial charge in [-0.15, -0.1) is 0 Å². The van der Waals surface area contributed by atoms with E-state index < -0.39 is 0 Å². The summed E-state index contributed by atoms with van der Waals surface area (Å²) in [5.74, 6) is 2.67. The molecule has 1 N–H and O–H groups in total. The minimum Gasteiger partial charge on any atom is -0.370 e. The summed E-state index contributed by atoms with van der Waals surface area (Å²) in [5.41, 5.74) is 0.964. The van der Waals surface area contributed by atoms with Gasteiger partial charge in [0, 0.05) is 19.6 Å². The average Bonchev–Trinajstić information content (AvgIpc) is 2.99. The topological polar surface area (TPSA) is 28.2 Å². The van der Waals surface area contributed by atoms with E-state index in [1.807, 2.05) is 12.1 Å². The first-order chi connectivity index (χ1) is 8.60. The van der Waals surface area contributed by atoms with Crippen LogP contribution in [-0.4, -0.2) is 30.0 Å². The molecular weight excluding hydrogens is 246 g/mol. The van der Waals surface area contributed by atoms with Crippen LogP contribution in [0.4, 0.5) is 5.82 Å². The van der Waals surface area contributed by atoms with Crippen molar-refractivity contribution in [1.29, 1.82) is 0 Å². The largest absolute Gasteiger partial charge is 0.370 e. The second-order valence-electron chi connectivity index (χ2n) is 5.33. The maximum atomic E-state index is 6.20. The first-order valence-electron chi connectivity index (χ1n) is 6.68. The van der Waals surface area contributed by atoms with Crippen LogP contribution in [0.25, 0.3) is 0 Å². The van der Waals surface area contributed by atoms with E-state index in [0.717, 1.165) is 48.0 Å². The van der Waals surface area contributed by atoms with Crippen molar-refractivity contribution in [3.8, 4) is 0 Å². The van der Waals surface area contributed by atoms with Gasteiger partial charge in [0.25, 0.3) is 0 Å². The fraction of sp³-hybridized carbons (Fsp3) is 0.643. The van der Waals surface area contributed by atoms with Crippen LogP contribution in [0.2, 0.25) is 5.02 Å². The number of aromatic nitrogens is 1. The molecule has 2 atom stereocenters. The number of hydrogen-bond acceptors (Lipinski definition) is 3. The highest BCUT2D eigenvalue weighted by Gasteiger charge is 2.33. The second-order valence-corrected chi connectivity index (χ2v) is 5.73. The molecule has 0 amide bonds. The first-order valence-corrected chi connectivity index (χ1v) is 7.05. The van der Waals surface area contributed by atoms with Gasteiger partial charge in [0.1, 0.15) is 5.82 Å². The van der Waals surface area contributed by atoms with Gasteiger partial charge in [-0.25, -0.2) is 4.98 Å². The molecule has 0 aromatic carbocycles. The molecule has 0 radical (unpaired) electrons. The average molecular weight is 268 g/mol. The van der Waals surface area contributed by atoms with Crippen molar-refractivity contribution in [2.24, 2.45) is 11.8 Å². The Morgan fingerprint density at radius 3 is 2.83 bits per heavy atom. The van der Waals surface area contributed by atoms with Crippen LogP contribution >= 0.6 is 11.6 Å². The van der Waals surface area contributed by atoms with Crippen LogP contribution in [0.3, 0.4) is 0 Å². The van der Waals surface area contributed by atoms with Crippen LogP contribution in [-0.2, 0) is 6.54 Å². The van der Waals surface area contributed by atoms with Gasteiger partial charge in [-0.3, -0.25) is 0 Å².